The van der Waals surface area contributed by atoms with Crippen LogP contribution in [0.2, 0.25) is 0 Å². The number of ether oxygens (including phenoxy) is 3. The molecule has 0 radical (unpaired) electrons. The average Bonchev–Trinajstić information content (AvgIpc) is 3.08. The molecule has 0 unspecified atom stereocenters. The topological polar surface area (TPSA) is 79.7 Å². The largest absolute Gasteiger partial charge is 0.465 e. The van der Waals surface area contributed by atoms with Crippen molar-refractivity contribution in [2.75, 3.05) is 13.9 Å². The fraction of sp³-hybridized carbons (Fsp3) is 0.167. The van der Waals surface area contributed by atoms with Gasteiger partial charge in [-0.2, -0.15) is 0 Å². The number of benzene rings is 1. The van der Waals surface area contributed by atoms with E-state index in [1.165, 1.54) is 17.7 Å². The van der Waals surface area contributed by atoms with E-state index in [9.17, 15) is 9.59 Å². The van der Waals surface area contributed by atoms with E-state index in [0.29, 0.717) is 33.8 Å². The maximum absolute atomic E-state index is 12.9. The van der Waals surface area contributed by atoms with Gasteiger partial charge in [0.2, 0.25) is 6.79 Å². The molecule has 126 valence electrons. The van der Waals surface area contributed by atoms with Gasteiger partial charge in [-0.1, -0.05) is 0 Å². The van der Waals surface area contributed by atoms with Crippen molar-refractivity contribution in [3.8, 4) is 17.2 Å². The van der Waals surface area contributed by atoms with E-state index in [1.807, 2.05) is 0 Å². The zero-order chi connectivity index (χ0) is 17.6. The number of aromatic nitrogens is 2. The first-order chi connectivity index (χ1) is 12.1. The summed E-state index contributed by atoms with van der Waals surface area (Å²) < 4.78 is 16.9. The van der Waals surface area contributed by atoms with Gasteiger partial charge < -0.3 is 14.2 Å². The second kappa shape index (κ2) is 5.62. The molecule has 0 atom stereocenters. The van der Waals surface area contributed by atoms with Crippen LogP contribution in [0.5, 0.6) is 11.5 Å². The van der Waals surface area contributed by atoms with Crippen LogP contribution >= 0.6 is 0 Å². The molecule has 3 aromatic rings. The SMILES string of the molecule is COC(=O)c1cc2c(=O)n(-c3ccc4c(c3)OCO4)ccc2nc1C. The molecular formula is C18H14N2O5. The summed E-state index contributed by atoms with van der Waals surface area (Å²) in [7, 11) is 1.29. The molecule has 4 rings (SSSR count). The number of carbonyl (C=O) groups is 1. The summed E-state index contributed by atoms with van der Waals surface area (Å²) in [5, 5.41) is 0.339. The molecule has 0 bridgehead atoms. The summed E-state index contributed by atoms with van der Waals surface area (Å²) in [6.45, 7) is 1.87. The summed E-state index contributed by atoms with van der Waals surface area (Å²) >= 11 is 0. The van der Waals surface area contributed by atoms with E-state index < -0.39 is 5.97 Å². The van der Waals surface area contributed by atoms with Crippen molar-refractivity contribution in [3.05, 3.63) is 58.1 Å². The van der Waals surface area contributed by atoms with Crippen LogP contribution in [0.15, 0.2) is 41.3 Å². The number of pyridine rings is 2. The fourth-order valence-electron chi connectivity index (χ4n) is 2.82. The maximum atomic E-state index is 12.9. The highest BCUT2D eigenvalue weighted by atomic mass is 16.7. The third kappa shape index (κ3) is 2.40. The molecule has 0 fully saturated rings. The van der Waals surface area contributed by atoms with Gasteiger partial charge >= 0.3 is 5.97 Å². The zero-order valence-corrected chi connectivity index (χ0v) is 13.6. The van der Waals surface area contributed by atoms with Gasteiger partial charge in [0, 0.05) is 12.3 Å². The third-order valence-electron chi connectivity index (χ3n) is 4.11. The van der Waals surface area contributed by atoms with Crippen LogP contribution < -0.4 is 15.0 Å². The Morgan fingerprint density at radius 1 is 1.20 bits per heavy atom. The van der Waals surface area contributed by atoms with Crippen molar-refractivity contribution in [1.82, 2.24) is 9.55 Å². The Balaban J connectivity index is 1.91. The molecule has 1 aromatic carbocycles. The van der Waals surface area contributed by atoms with E-state index in [0.717, 1.165) is 0 Å². The van der Waals surface area contributed by atoms with E-state index in [2.05, 4.69) is 4.98 Å². The smallest absolute Gasteiger partial charge is 0.339 e. The van der Waals surface area contributed by atoms with Crippen LogP contribution in [-0.4, -0.2) is 29.4 Å². The molecule has 25 heavy (non-hydrogen) atoms. The van der Waals surface area contributed by atoms with Gasteiger partial charge in [0.1, 0.15) is 0 Å². The van der Waals surface area contributed by atoms with Crippen LogP contribution in [0.25, 0.3) is 16.6 Å². The number of hydrogen-bond donors (Lipinski definition) is 0. The minimum Gasteiger partial charge on any atom is -0.465 e. The Morgan fingerprint density at radius 3 is 2.80 bits per heavy atom. The average molecular weight is 338 g/mol. The normalized spacial score (nSPS) is 12.4. The van der Waals surface area contributed by atoms with E-state index in [1.54, 1.807) is 37.4 Å². The van der Waals surface area contributed by atoms with Gasteiger partial charge in [0.15, 0.2) is 11.5 Å². The van der Waals surface area contributed by atoms with E-state index in [4.69, 9.17) is 14.2 Å². The van der Waals surface area contributed by atoms with Gasteiger partial charge in [-0.3, -0.25) is 14.3 Å². The summed E-state index contributed by atoms with van der Waals surface area (Å²) in [4.78, 5) is 29.1. The first-order valence-electron chi connectivity index (χ1n) is 7.60. The lowest BCUT2D eigenvalue weighted by Crippen LogP contribution is -2.19. The summed E-state index contributed by atoms with van der Waals surface area (Å²) in [5.74, 6) is 0.703. The van der Waals surface area contributed by atoms with Gasteiger partial charge in [-0.25, -0.2) is 4.79 Å². The van der Waals surface area contributed by atoms with Crippen LogP contribution in [0.1, 0.15) is 16.1 Å². The molecular weight excluding hydrogens is 324 g/mol. The molecule has 1 aliphatic rings. The molecule has 0 saturated heterocycles. The molecule has 2 aromatic heterocycles. The minimum absolute atomic E-state index is 0.164. The number of esters is 1. The summed E-state index contributed by atoms with van der Waals surface area (Å²) in [6.07, 6.45) is 1.65. The van der Waals surface area contributed by atoms with Crippen LogP contribution in [-0.2, 0) is 4.74 Å². The number of carbonyl (C=O) groups excluding carboxylic acids is 1. The lowest BCUT2D eigenvalue weighted by Gasteiger charge is -2.10. The number of methoxy groups -OCH3 is 1. The van der Waals surface area contributed by atoms with Gasteiger partial charge in [0.25, 0.3) is 5.56 Å². The Hall–Kier alpha value is -3.35. The van der Waals surface area contributed by atoms with Gasteiger partial charge in [-0.05, 0) is 31.2 Å². The van der Waals surface area contributed by atoms with Crippen molar-refractivity contribution in [2.24, 2.45) is 0 Å². The predicted octanol–water partition coefficient (Wildman–Crippen LogP) is 2.21. The monoisotopic (exact) mass is 338 g/mol. The van der Waals surface area contributed by atoms with Crippen molar-refractivity contribution >= 4 is 16.9 Å². The number of hydrogen-bond acceptors (Lipinski definition) is 6. The quantitative estimate of drug-likeness (QED) is 0.667. The van der Waals surface area contributed by atoms with E-state index >= 15 is 0 Å². The summed E-state index contributed by atoms with van der Waals surface area (Å²) in [6, 6.07) is 8.51. The highest BCUT2D eigenvalue weighted by Crippen LogP contribution is 2.33. The number of nitrogens with zero attached hydrogens (tertiary/aromatic N) is 2. The minimum atomic E-state index is -0.523. The number of rotatable bonds is 2. The standard InChI is InChI=1S/C18H14N2O5/c1-10-12(18(22)23-2)8-13-14(19-10)5-6-20(17(13)21)11-3-4-15-16(7-11)25-9-24-15/h3-8H,9H2,1-2H3. The molecule has 0 aliphatic carbocycles. The van der Waals surface area contributed by atoms with Crippen LogP contribution in [0.4, 0.5) is 0 Å². The molecule has 0 N–H and O–H groups in total. The lowest BCUT2D eigenvalue weighted by atomic mass is 10.1. The molecule has 1 aliphatic heterocycles. The molecule has 3 heterocycles. The highest BCUT2D eigenvalue weighted by Gasteiger charge is 2.17. The molecule has 0 saturated carbocycles. The van der Waals surface area contributed by atoms with Crippen LogP contribution in [0, 0.1) is 6.92 Å². The van der Waals surface area contributed by atoms with Crippen molar-refractivity contribution < 1.29 is 19.0 Å². The van der Waals surface area contributed by atoms with Gasteiger partial charge in [-0.15, -0.1) is 0 Å². The zero-order valence-electron chi connectivity index (χ0n) is 13.6. The van der Waals surface area contributed by atoms with E-state index in [-0.39, 0.29) is 17.9 Å². The Labute approximate surface area is 142 Å². The van der Waals surface area contributed by atoms with Crippen molar-refractivity contribution in [1.29, 1.82) is 0 Å². The second-order valence-corrected chi connectivity index (χ2v) is 5.57. The second-order valence-electron chi connectivity index (χ2n) is 5.57. The predicted molar refractivity (Wildman–Crippen MR) is 89.5 cm³/mol. The lowest BCUT2D eigenvalue weighted by molar-refractivity contribution is 0.0599. The molecule has 7 heteroatoms. The van der Waals surface area contributed by atoms with Crippen molar-refractivity contribution in [3.63, 3.8) is 0 Å². The van der Waals surface area contributed by atoms with Crippen LogP contribution in [0.3, 0.4) is 0 Å². The molecule has 0 spiro atoms. The Kier molecular flexibility index (Phi) is 3.42. The molecule has 0 amide bonds. The Bertz CT molecular complexity index is 1070. The summed E-state index contributed by atoms with van der Waals surface area (Å²) in [5.41, 5.74) is 1.66. The van der Waals surface area contributed by atoms with Crippen molar-refractivity contribution in [2.45, 2.75) is 6.92 Å². The molecule has 7 nitrogen and oxygen atoms in total. The Morgan fingerprint density at radius 2 is 2.00 bits per heavy atom. The maximum Gasteiger partial charge on any atom is 0.339 e. The first-order valence-corrected chi connectivity index (χ1v) is 7.60. The fourth-order valence-corrected chi connectivity index (χ4v) is 2.82. The third-order valence-corrected chi connectivity index (χ3v) is 4.11. The number of fused-ring (bicyclic) bond motifs is 2. The number of aryl methyl sites for hydroxylation is 1. The van der Waals surface area contributed by atoms with Gasteiger partial charge in [0.05, 0.1) is 35.0 Å². The first kappa shape index (κ1) is 15.2. The highest BCUT2D eigenvalue weighted by molar-refractivity contribution is 5.94.